The third-order valence-corrected chi connectivity index (χ3v) is 6.34. The molecule has 0 radical (unpaired) electrons. The van der Waals surface area contributed by atoms with Gasteiger partial charge in [-0.2, -0.15) is 0 Å². The average Bonchev–Trinajstić information content (AvgIpc) is 2.65. The average molecular weight is 429 g/mol. The molecular formula is C25H36N2O2S. The normalized spacial score (nSPS) is 15.3. The van der Waals surface area contributed by atoms with Gasteiger partial charge in [0, 0.05) is 11.5 Å². The summed E-state index contributed by atoms with van der Waals surface area (Å²) in [6, 6.07) is 15.6. The van der Waals surface area contributed by atoms with Gasteiger partial charge in [-0.25, -0.2) is 8.93 Å². The molecule has 2 N–H and O–H groups in total. The van der Waals surface area contributed by atoms with Gasteiger partial charge in [-0.1, -0.05) is 89.6 Å². The number of carbonyl (C=O) groups is 1. The van der Waals surface area contributed by atoms with Crippen LogP contribution < -0.4 is 10.0 Å². The first kappa shape index (κ1) is 24.3. The van der Waals surface area contributed by atoms with Crippen LogP contribution in [-0.2, 0) is 15.8 Å². The van der Waals surface area contributed by atoms with Crippen molar-refractivity contribution in [3.8, 4) is 0 Å². The number of hydrogen-bond donors (Lipinski definition) is 2. The molecule has 0 heterocycles. The van der Waals surface area contributed by atoms with Crippen LogP contribution in [0.5, 0.6) is 0 Å². The van der Waals surface area contributed by atoms with Gasteiger partial charge in [0.15, 0.2) is 0 Å². The van der Waals surface area contributed by atoms with E-state index in [0.717, 1.165) is 11.1 Å². The fraction of sp³-hybridized carbons (Fsp3) is 0.480. The Morgan fingerprint density at radius 3 is 2.03 bits per heavy atom. The number of aryl methyl sites for hydroxylation is 1. The van der Waals surface area contributed by atoms with Crippen molar-refractivity contribution in [2.45, 2.75) is 72.4 Å². The Morgan fingerprint density at radius 1 is 0.933 bits per heavy atom. The maximum Gasteiger partial charge on any atom is 0.225 e. The van der Waals surface area contributed by atoms with E-state index < -0.39 is 16.4 Å². The number of carbonyl (C=O) groups excluding carboxylic acids is 1. The second-order valence-electron chi connectivity index (χ2n) is 10.1. The lowest BCUT2D eigenvalue weighted by atomic mass is 9.83. The highest BCUT2D eigenvalue weighted by molar-refractivity contribution is 7.83. The lowest BCUT2D eigenvalue weighted by molar-refractivity contribution is -0.129. The van der Waals surface area contributed by atoms with Crippen LogP contribution in [0.3, 0.4) is 0 Å². The number of benzene rings is 2. The predicted octanol–water partition coefficient (Wildman–Crippen LogP) is 5.62. The lowest BCUT2D eigenvalue weighted by Crippen LogP contribution is -2.37. The van der Waals surface area contributed by atoms with Gasteiger partial charge in [-0.05, 0) is 36.5 Å². The quantitative estimate of drug-likeness (QED) is 0.627. The molecule has 164 valence electrons. The van der Waals surface area contributed by atoms with Crippen LogP contribution in [0.4, 0.5) is 0 Å². The lowest BCUT2D eigenvalue weighted by Gasteiger charge is -2.32. The molecule has 0 aliphatic carbocycles. The molecule has 0 saturated heterocycles. The van der Waals surface area contributed by atoms with E-state index >= 15 is 0 Å². The molecule has 0 aromatic heterocycles. The highest BCUT2D eigenvalue weighted by Crippen LogP contribution is 2.34. The predicted molar refractivity (Wildman–Crippen MR) is 125 cm³/mol. The van der Waals surface area contributed by atoms with E-state index in [9.17, 15) is 9.00 Å². The first-order chi connectivity index (χ1) is 13.8. The minimum Gasteiger partial charge on any atom is -0.349 e. The van der Waals surface area contributed by atoms with Crippen LogP contribution in [0.15, 0.2) is 53.4 Å². The summed E-state index contributed by atoms with van der Waals surface area (Å²) in [5.74, 6) is -0.0317. The maximum atomic E-state index is 13.4. The molecule has 0 fully saturated rings. The highest BCUT2D eigenvalue weighted by Gasteiger charge is 2.29. The van der Waals surface area contributed by atoms with Crippen molar-refractivity contribution in [1.29, 1.82) is 0 Å². The minimum absolute atomic E-state index is 0.0317. The molecule has 0 spiro atoms. The summed E-state index contributed by atoms with van der Waals surface area (Å²) in [5, 5.41) is 3.05. The van der Waals surface area contributed by atoms with Crippen LogP contribution in [0.2, 0.25) is 0 Å². The van der Waals surface area contributed by atoms with Gasteiger partial charge < -0.3 is 5.32 Å². The molecule has 5 heteroatoms. The minimum atomic E-state index is -1.44. The third kappa shape index (κ3) is 6.26. The van der Waals surface area contributed by atoms with Gasteiger partial charge in [-0.15, -0.1) is 0 Å². The summed E-state index contributed by atoms with van der Waals surface area (Å²) in [6.07, 6.45) is 0. The van der Waals surface area contributed by atoms with Crippen molar-refractivity contribution in [1.82, 2.24) is 10.0 Å². The maximum absolute atomic E-state index is 13.4. The molecule has 2 aromatic carbocycles. The molecule has 0 saturated carbocycles. The van der Waals surface area contributed by atoms with E-state index in [0.29, 0.717) is 4.90 Å². The summed E-state index contributed by atoms with van der Waals surface area (Å²) in [4.78, 5) is 13.1. The van der Waals surface area contributed by atoms with E-state index in [1.807, 2.05) is 52.0 Å². The van der Waals surface area contributed by atoms with Gasteiger partial charge in [-0.3, -0.25) is 4.79 Å². The summed E-state index contributed by atoms with van der Waals surface area (Å²) in [7, 11) is -1.44. The van der Waals surface area contributed by atoms with Crippen LogP contribution in [0, 0.1) is 17.8 Å². The van der Waals surface area contributed by atoms with Gasteiger partial charge in [0.2, 0.25) is 5.91 Å². The van der Waals surface area contributed by atoms with Gasteiger partial charge in [0.1, 0.15) is 11.0 Å². The molecule has 30 heavy (non-hydrogen) atoms. The molecule has 0 aliphatic heterocycles. The Balaban J connectivity index is 2.31. The molecule has 1 unspecified atom stereocenters. The molecule has 0 aliphatic rings. The SMILES string of the molecule is Cc1ccc([C@@H](NS(=O)c2ccccc2[C@@H](C)NC(=O)C(C)(C)C)C(C)(C)C)cc1. The summed E-state index contributed by atoms with van der Waals surface area (Å²) < 4.78 is 16.8. The monoisotopic (exact) mass is 428 g/mol. The Kier molecular flexibility index (Phi) is 7.64. The number of hydrogen-bond acceptors (Lipinski definition) is 2. The topological polar surface area (TPSA) is 58.2 Å². The molecular weight excluding hydrogens is 392 g/mol. The van der Waals surface area contributed by atoms with Gasteiger partial charge in [0.25, 0.3) is 0 Å². The largest absolute Gasteiger partial charge is 0.349 e. The number of rotatable bonds is 6. The third-order valence-electron chi connectivity index (χ3n) is 5.12. The van der Waals surface area contributed by atoms with Crippen molar-refractivity contribution in [3.05, 3.63) is 65.2 Å². The fourth-order valence-electron chi connectivity index (χ4n) is 3.17. The molecule has 2 rings (SSSR count). The Labute approximate surface area is 184 Å². The van der Waals surface area contributed by atoms with Crippen molar-refractivity contribution in [2.75, 3.05) is 0 Å². The molecule has 3 atom stereocenters. The number of nitrogens with one attached hydrogen (secondary N) is 2. The molecule has 0 bridgehead atoms. The van der Waals surface area contributed by atoms with E-state index in [-0.39, 0.29) is 23.4 Å². The molecule has 2 aromatic rings. The second kappa shape index (κ2) is 9.44. The Hall–Kier alpha value is -1.98. The fourth-order valence-corrected chi connectivity index (χ4v) is 4.66. The molecule has 4 nitrogen and oxygen atoms in total. The summed E-state index contributed by atoms with van der Waals surface area (Å²) >= 11 is 0. The van der Waals surface area contributed by atoms with Crippen molar-refractivity contribution < 1.29 is 9.00 Å². The van der Waals surface area contributed by atoms with E-state index in [1.165, 1.54) is 5.56 Å². The van der Waals surface area contributed by atoms with Crippen molar-refractivity contribution >= 4 is 16.9 Å². The Morgan fingerprint density at radius 2 is 1.50 bits per heavy atom. The second-order valence-corrected chi connectivity index (χ2v) is 11.3. The van der Waals surface area contributed by atoms with Crippen LogP contribution in [-0.4, -0.2) is 10.1 Å². The van der Waals surface area contributed by atoms with E-state index in [2.05, 4.69) is 62.0 Å². The van der Waals surface area contributed by atoms with E-state index in [1.54, 1.807) is 0 Å². The zero-order valence-electron chi connectivity index (χ0n) is 19.5. The summed E-state index contributed by atoms with van der Waals surface area (Å²) in [5.41, 5.74) is 2.54. The standard InChI is InChI=1S/C25H36N2O2S/c1-17-13-15-19(16-14-17)22(24(3,4)5)27-30(29)21-12-10-9-11-20(21)18(2)26-23(28)25(6,7)8/h9-16,18,22,27H,1-8H3,(H,26,28)/t18-,22-,30?/m1/s1. The summed E-state index contributed by atoms with van der Waals surface area (Å²) in [6.45, 7) is 16.1. The van der Waals surface area contributed by atoms with Crippen LogP contribution in [0.1, 0.15) is 77.2 Å². The smallest absolute Gasteiger partial charge is 0.225 e. The Bertz CT molecular complexity index is 893. The first-order valence-electron chi connectivity index (χ1n) is 10.4. The molecule has 1 amide bonds. The van der Waals surface area contributed by atoms with Gasteiger partial charge in [0.05, 0.1) is 10.9 Å². The van der Waals surface area contributed by atoms with Crippen LogP contribution >= 0.6 is 0 Å². The van der Waals surface area contributed by atoms with E-state index in [4.69, 9.17) is 0 Å². The van der Waals surface area contributed by atoms with Crippen molar-refractivity contribution in [3.63, 3.8) is 0 Å². The highest BCUT2D eigenvalue weighted by atomic mass is 32.2. The van der Waals surface area contributed by atoms with Gasteiger partial charge >= 0.3 is 0 Å². The zero-order valence-corrected chi connectivity index (χ0v) is 20.3. The zero-order chi connectivity index (χ0) is 22.7. The number of amides is 1. The van der Waals surface area contributed by atoms with Crippen molar-refractivity contribution in [2.24, 2.45) is 10.8 Å². The first-order valence-corrected chi connectivity index (χ1v) is 11.6. The van der Waals surface area contributed by atoms with Crippen LogP contribution in [0.25, 0.3) is 0 Å².